The molecule has 42 heavy (non-hydrogen) atoms. The van der Waals surface area contributed by atoms with Crippen LogP contribution in [0, 0.1) is 13.8 Å². The van der Waals surface area contributed by atoms with E-state index in [-0.39, 0.29) is 6.54 Å². The van der Waals surface area contributed by atoms with Gasteiger partial charge >= 0.3 is 6.09 Å². The molecule has 4 amide bonds. The topological polar surface area (TPSA) is 131 Å². The number of carbonyl (C=O) groups is 4. The van der Waals surface area contributed by atoms with Gasteiger partial charge in [-0.25, -0.2) is 4.79 Å². The monoisotopic (exact) mass is 574 g/mol. The number of hydrogen-bond acceptors (Lipinski definition) is 5. The van der Waals surface area contributed by atoms with Gasteiger partial charge in [-0.3, -0.25) is 14.4 Å². The molecule has 9 nitrogen and oxygen atoms in total. The highest BCUT2D eigenvalue weighted by atomic mass is 16.6. The number of ether oxygens (including phenoxy) is 1. The van der Waals surface area contributed by atoms with Crippen molar-refractivity contribution in [3.8, 4) is 0 Å². The molecule has 0 bridgehead atoms. The molecule has 224 valence electrons. The molecular weight excluding hydrogens is 532 g/mol. The lowest BCUT2D eigenvalue weighted by Gasteiger charge is -2.34. The second-order valence-electron chi connectivity index (χ2n) is 11.6. The minimum absolute atomic E-state index is 0.212. The summed E-state index contributed by atoms with van der Waals surface area (Å²) in [4.78, 5) is 54.3. The van der Waals surface area contributed by atoms with Gasteiger partial charge < -0.3 is 26.0 Å². The molecular formula is C33H42N4O5. The van der Waals surface area contributed by atoms with E-state index < -0.39 is 47.9 Å². The van der Waals surface area contributed by atoms with Gasteiger partial charge in [0, 0.05) is 12.2 Å². The summed E-state index contributed by atoms with van der Waals surface area (Å²) in [5, 5.41) is 7.50. The zero-order chi connectivity index (χ0) is 31.0. The fraction of sp³-hybridized carbons (Fsp3) is 0.394. The standard InChI is InChI=1S/C33H42N4O5/c1-7-8-17-37(31(40)27(20-28(34)38)36-32(41)42-33(4,5)6)29(25-14-13-21(2)22(3)18-25)30(39)35-26-16-15-23-11-9-10-12-24(23)19-26/h9-16,18-19,27,29H,7-8,17,20H2,1-6H3,(H2,34,38)(H,35,39)(H,36,41). The fourth-order valence-corrected chi connectivity index (χ4v) is 4.63. The Kier molecular flexibility index (Phi) is 10.7. The van der Waals surface area contributed by atoms with Gasteiger partial charge in [-0.15, -0.1) is 0 Å². The Morgan fingerprint density at radius 1 is 0.929 bits per heavy atom. The minimum Gasteiger partial charge on any atom is -0.444 e. The van der Waals surface area contributed by atoms with E-state index >= 15 is 0 Å². The third-order valence-corrected chi connectivity index (χ3v) is 6.85. The first kappa shape index (κ1) is 32.1. The Morgan fingerprint density at radius 2 is 1.62 bits per heavy atom. The maximum Gasteiger partial charge on any atom is 0.408 e. The highest BCUT2D eigenvalue weighted by Gasteiger charge is 2.37. The predicted molar refractivity (Wildman–Crippen MR) is 165 cm³/mol. The molecule has 0 saturated heterocycles. The third kappa shape index (κ3) is 8.80. The second-order valence-corrected chi connectivity index (χ2v) is 11.6. The summed E-state index contributed by atoms with van der Waals surface area (Å²) in [7, 11) is 0. The number of carbonyl (C=O) groups excluding carboxylic acids is 4. The Balaban J connectivity index is 2.05. The molecule has 0 saturated carbocycles. The smallest absolute Gasteiger partial charge is 0.408 e. The molecule has 0 heterocycles. The van der Waals surface area contributed by atoms with Gasteiger partial charge in [-0.2, -0.15) is 0 Å². The summed E-state index contributed by atoms with van der Waals surface area (Å²) in [6.45, 7) is 11.2. The number of amides is 4. The number of benzene rings is 3. The van der Waals surface area contributed by atoms with Gasteiger partial charge in [0.2, 0.25) is 11.8 Å². The number of primary amides is 1. The number of alkyl carbamates (subject to hydrolysis) is 1. The summed E-state index contributed by atoms with van der Waals surface area (Å²) in [5.74, 6) is -1.80. The lowest BCUT2D eigenvalue weighted by atomic mass is 9.97. The zero-order valence-electron chi connectivity index (χ0n) is 25.3. The Hall–Kier alpha value is -4.40. The first-order valence-electron chi connectivity index (χ1n) is 14.2. The molecule has 2 atom stereocenters. The van der Waals surface area contributed by atoms with Crippen LogP contribution in [-0.2, 0) is 19.1 Å². The third-order valence-electron chi connectivity index (χ3n) is 6.85. The van der Waals surface area contributed by atoms with E-state index in [1.165, 1.54) is 4.90 Å². The van der Waals surface area contributed by atoms with Crippen LogP contribution in [0.3, 0.4) is 0 Å². The predicted octanol–water partition coefficient (Wildman–Crippen LogP) is 5.53. The van der Waals surface area contributed by atoms with E-state index in [9.17, 15) is 19.2 Å². The van der Waals surface area contributed by atoms with E-state index in [1.54, 1.807) is 20.8 Å². The van der Waals surface area contributed by atoms with E-state index in [1.807, 2.05) is 81.4 Å². The number of fused-ring (bicyclic) bond motifs is 1. The second kappa shape index (κ2) is 14.0. The van der Waals surface area contributed by atoms with E-state index in [4.69, 9.17) is 10.5 Å². The molecule has 0 aromatic heterocycles. The largest absolute Gasteiger partial charge is 0.444 e. The van der Waals surface area contributed by atoms with Crippen molar-refractivity contribution in [3.05, 3.63) is 77.4 Å². The van der Waals surface area contributed by atoms with Gasteiger partial charge in [-0.05, 0) is 80.6 Å². The summed E-state index contributed by atoms with van der Waals surface area (Å²) in [5.41, 5.74) is 7.84. The molecule has 0 aliphatic carbocycles. The number of rotatable bonds is 11. The molecule has 3 rings (SSSR count). The van der Waals surface area contributed by atoms with Crippen molar-refractivity contribution in [1.82, 2.24) is 10.2 Å². The Morgan fingerprint density at radius 3 is 2.24 bits per heavy atom. The molecule has 3 aromatic carbocycles. The highest BCUT2D eigenvalue weighted by molar-refractivity contribution is 6.01. The maximum absolute atomic E-state index is 14.2. The van der Waals surface area contributed by atoms with Gasteiger partial charge in [0.05, 0.1) is 6.42 Å². The van der Waals surface area contributed by atoms with Crippen molar-refractivity contribution in [2.75, 3.05) is 11.9 Å². The van der Waals surface area contributed by atoms with Crippen LogP contribution in [0.25, 0.3) is 10.8 Å². The van der Waals surface area contributed by atoms with Crippen LogP contribution in [0.1, 0.15) is 69.7 Å². The molecule has 3 aromatic rings. The van der Waals surface area contributed by atoms with Crippen LogP contribution >= 0.6 is 0 Å². The molecule has 4 N–H and O–H groups in total. The number of nitrogens with one attached hydrogen (secondary N) is 2. The van der Waals surface area contributed by atoms with Crippen LogP contribution in [0.15, 0.2) is 60.7 Å². The van der Waals surface area contributed by atoms with E-state index in [0.29, 0.717) is 17.7 Å². The molecule has 0 aliphatic heterocycles. The van der Waals surface area contributed by atoms with Crippen LogP contribution < -0.4 is 16.4 Å². The highest BCUT2D eigenvalue weighted by Crippen LogP contribution is 2.28. The summed E-state index contributed by atoms with van der Waals surface area (Å²) in [6, 6.07) is 16.7. The SMILES string of the molecule is CCCCN(C(=O)C(CC(N)=O)NC(=O)OC(C)(C)C)C(C(=O)Nc1ccc2ccccc2c1)c1ccc(C)c(C)c1. The molecule has 0 fully saturated rings. The van der Waals surface area contributed by atoms with Crippen LogP contribution in [0.4, 0.5) is 10.5 Å². The number of aryl methyl sites for hydroxylation is 2. The Labute approximate surface area is 247 Å². The van der Waals surface area contributed by atoms with Crippen molar-refractivity contribution < 1.29 is 23.9 Å². The van der Waals surface area contributed by atoms with Gasteiger partial charge in [0.15, 0.2) is 0 Å². The number of nitrogens with two attached hydrogens (primary N) is 1. The van der Waals surface area contributed by atoms with Crippen molar-refractivity contribution >= 4 is 40.3 Å². The summed E-state index contributed by atoms with van der Waals surface area (Å²) < 4.78 is 5.34. The minimum atomic E-state index is -1.32. The summed E-state index contributed by atoms with van der Waals surface area (Å²) in [6.07, 6.45) is 0.0231. The Bertz CT molecular complexity index is 1450. The van der Waals surface area contributed by atoms with Crippen molar-refractivity contribution in [1.29, 1.82) is 0 Å². The maximum atomic E-state index is 14.2. The first-order valence-corrected chi connectivity index (χ1v) is 14.2. The molecule has 0 radical (unpaired) electrons. The van der Waals surface area contributed by atoms with E-state index in [0.717, 1.165) is 28.3 Å². The molecule has 9 heteroatoms. The number of nitrogens with zero attached hydrogens (tertiary/aromatic N) is 1. The van der Waals surface area contributed by atoms with Gasteiger partial charge in [0.1, 0.15) is 17.7 Å². The summed E-state index contributed by atoms with van der Waals surface area (Å²) >= 11 is 0. The number of unbranched alkanes of at least 4 members (excludes halogenated alkanes) is 1. The fourth-order valence-electron chi connectivity index (χ4n) is 4.63. The molecule has 0 aliphatic rings. The van der Waals surface area contributed by atoms with Crippen LogP contribution in [-0.4, -0.2) is 46.9 Å². The lowest BCUT2D eigenvalue weighted by Crippen LogP contribution is -2.53. The van der Waals surface area contributed by atoms with Crippen molar-refractivity contribution in [2.45, 2.75) is 78.5 Å². The van der Waals surface area contributed by atoms with Crippen molar-refractivity contribution in [2.24, 2.45) is 5.73 Å². The van der Waals surface area contributed by atoms with Gasteiger partial charge in [0.25, 0.3) is 5.91 Å². The quantitative estimate of drug-likeness (QED) is 0.277. The molecule has 0 spiro atoms. The number of anilines is 1. The number of hydrogen-bond donors (Lipinski definition) is 3. The van der Waals surface area contributed by atoms with Gasteiger partial charge in [-0.1, -0.05) is 61.9 Å². The average Bonchev–Trinajstić information content (AvgIpc) is 2.90. The van der Waals surface area contributed by atoms with E-state index in [2.05, 4.69) is 10.6 Å². The first-order chi connectivity index (χ1) is 19.8. The molecule has 2 unspecified atom stereocenters. The average molecular weight is 575 g/mol. The van der Waals surface area contributed by atoms with Crippen LogP contribution in [0.5, 0.6) is 0 Å². The normalized spacial score (nSPS) is 12.7. The van der Waals surface area contributed by atoms with Crippen LogP contribution in [0.2, 0.25) is 0 Å². The zero-order valence-corrected chi connectivity index (χ0v) is 25.3. The lowest BCUT2D eigenvalue weighted by molar-refractivity contribution is -0.142. The van der Waals surface area contributed by atoms with Crippen molar-refractivity contribution in [3.63, 3.8) is 0 Å².